The molecule has 0 saturated heterocycles. The topological polar surface area (TPSA) is 113 Å². The van der Waals surface area contributed by atoms with E-state index in [1.54, 1.807) is 0 Å². The lowest BCUT2D eigenvalue weighted by Gasteiger charge is -2.28. The number of fused-ring (bicyclic) bond motifs is 1. The van der Waals surface area contributed by atoms with Gasteiger partial charge in [0.15, 0.2) is 0 Å². The average molecular weight is 406 g/mol. The van der Waals surface area contributed by atoms with Crippen molar-refractivity contribution in [2.75, 3.05) is 11.1 Å². The second-order valence-corrected chi connectivity index (χ2v) is 7.88. The Kier molecular flexibility index (Phi) is 5.70. The minimum Gasteiger partial charge on any atom is -0.465 e. The van der Waals surface area contributed by atoms with E-state index in [4.69, 9.17) is 15.8 Å². The van der Waals surface area contributed by atoms with Gasteiger partial charge in [-0.05, 0) is 73.1 Å². The van der Waals surface area contributed by atoms with E-state index in [1.807, 2.05) is 30.5 Å². The van der Waals surface area contributed by atoms with Crippen LogP contribution in [-0.4, -0.2) is 33.3 Å². The van der Waals surface area contributed by atoms with E-state index in [2.05, 4.69) is 34.7 Å². The molecule has 2 aromatic carbocycles. The normalized spacial score (nSPS) is 18.8. The molecule has 1 aliphatic carbocycles. The Morgan fingerprint density at radius 3 is 2.47 bits per heavy atom. The number of nitrogens with two attached hydrogens (primary N) is 1. The molecule has 0 radical (unpaired) electrons. The Morgan fingerprint density at radius 1 is 1.10 bits per heavy atom. The summed E-state index contributed by atoms with van der Waals surface area (Å²) in [5, 5.41) is 15.9. The summed E-state index contributed by atoms with van der Waals surface area (Å²) in [6.07, 6.45) is 5.23. The minimum absolute atomic E-state index is 0.0384. The average Bonchev–Trinajstić information content (AvgIpc) is 2.74. The highest BCUT2D eigenvalue weighted by Gasteiger charge is 2.22. The Bertz CT molecular complexity index is 1040. The molecule has 1 aliphatic rings. The molecule has 7 nitrogen and oxygen atoms in total. The first kappa shape index (κ1) is 19.9. The second kappa shape index (κ2) is 8.57. The molecular weight excluding hydrogens is 378 g/mol. The summed E-state index contributed by atoms with van der Waals surface area (Å²) in [7, 11) is 0. The number of nitrogens with one attached hydrogen (secondary N) is 2. The van der Waals surface area contributed by atoms with E-state index in [0.29, 0.717) is 5.95 Å². The zero-order valence-electron chi connectivity index (χ0n) is 17.1. The van der Waals surface area contributed by atoms with Gasteiger partial charge in [0.2, 0.25) is 5.95 Å². The highest BCUT2D eigenvalue weighted by molar-refractivity contribution is 5.87. The van der Waals surface area contributed by atoms with E-state index < -0.39 is 6.09 Å². The highest BCUT2D eigenvalue weighted by Crippen LogP contribution is 2.29. The lowest BCUT2D eigenvalue weighted by atomic mass is 9.91. The molecule has 5 N–H and O–H groups in total. The molecule has 1 heterocycles. The number of benzene rings is 2. The highest BCUT2D eigenvalue weighted by atomic mass is 16.4. The molecule has 7 heteroatoms. The Morgan fingerprint density at radius 2 is 1.80 bits per heavy atom. The third kappa shape index (κ3) is 4.45. The standard InChI is InChI=1S/C23H27N5O2/c1-2-14-11-16(15-3-5-18(24)6-4-15)12-17-13-25-22(28-21(14)17)26-19-7-9-20(10-8-19)27-23(29)30/h3-6,11-13,19-20,27H,2,7-10,24H2,1H3,(H,29,30)(H,25,26,28). The van der Waals surface area contributed by atoms with Crippen molar-refractivity contribution in [2.45, 2.75) is 51.1 Å². The Balaban J connectivity index is 1.53. The zero-order chi connectivity index (χ0) is 21.1. The van der Waals surface area contributed by atoms with Crippen LogP contribution >= 0.6 is 0 Å². The third-order valence-electron chi connectivity index (χ3n) is 5.77. The summed E-state index contributed by atoms with van der Waals surface area (Å²) in [4.78, 5) is 20.1. The lowest BCUT2D eigenvalue weighted by Crippen LogP contribution is -2.39. The van der Waals surface area contributed by atoms with Crippen LogP contribution in [0, 0.1) is 0 Å². The van der Waals surface area contributed by atoms with Gasteiger partial charge >= 0.3 is 6.09 Å². The fourth-order valence-corrected chi connectivity index (χ4v) is 4.14. The molecule has 0 spiro atoms. The molecule has 0 atom stereocenters. The van der Waals surface area contributed by atoms with Crippen molar-refractivity contribution in [3.8, 4) is 11.1 Å². The summed E-state index contributed by atoms with van der Waals surface area (Å²) in [6.45, 7) is 2.13. The molecule has 3 aromatic rings. The fraction of sp³-hybridized carbons (Fsp3) is 0.348. The van der Waals surface area contributed by atoms with Crippen LogP contribution in [0.3, 0.4) is 0 Å². The van der Waals surface area contributed by atoms with Crippen LogP contribution < -0.4 is 16.4 Å². The van der Waals surface area contributed by atoms with Gasteiger partial charge in [-0.1, -0.05) is 19.1 Å². The van der Waals surface area contributed by atoms with Crippen molar-refractivity contribution in [1.29, 1.82) is 0 Å². The summed E-state index contributed by atoms with van der Waals surface area (Å²) in [6, 6.07) is 12.5. The van der Waals surface area contributed by atoms with Crippen LogP contribution in [0.5, 0.6) is 0 Å². The summed E-state index contributed by atoms with van der Waals surface area (Å²) < 4.78 is 0. The van der Waals surface area contributed by atoms with Crippen LogP contribution in [0.25, 0.3) is 22.0 Å². The first-order chi connectivity index (χ1) is 14.5. The van der Waals surface area contributed by atoms with Crippen molar-refractivity contribution in [2.24, 2.45) is 0 Å². The lowest BCUT2D eigenvalue weighted by molar-refractivity contribution is 0.185. The molecule has 0 unspecified atom stereocenters. The van der Waals surface area contributed by atoms with Gasteiger partial charge in [-0.3, -0.25) is 0 Å². The quantitative estimate of drug-likeness (QED) is 0.467. The molecule has 30 heavy (non-hydrogen) atoms. The van der Waals surface area contributed by atoms with Crippen molar-refractivity contribution in [1.82, 2.24) is 15.3 Å². The van der Waals surface area contributed by atoms with Gasteiger partial charge in [-0.2, -0.15) is 0 Å². The number of hydrogen-bond acceptors (Lipinski definition) is 5. The number of nitrogens with zero attached hydrogens (tertiary/aromatic N) is 2. The number of amides is 1. The molecule has 1 saturated carbocycles. The van der Waals surface area contributed by atoms with E-state index in [1.165, 1.54) is 5.56 Å². The predicted molar refractivity (Wildman–Crippen MR) is 120 cm³/mol. The monoisotopic (exact) mass is 405 g/mol. The molecular formula is C23H27N5O2. The number of anilines is 2. The van der Waals surface area contributed by atoms with Gasteiger partial charge in [0.25, 0.3) is 0 Å². The second-order valence-electron chi connectivity index (χ2n) is 7.88. The van der Waals surface area contributed by atoms with E-state index in [9.17, 15) is 4.79 Å². The third-order valence-corrected chi connectivity index (χ3v) is 5.77. The molecule has 4 rings (SSSR count). The number of hydrogen-bond donors (Lipinski definition) is 4. The fourth-order valence-electron chi connectivity index (χ4n) is 4.14. The zero-order valence-corrected chi connectivity index (χ0v) is 17.1. The molecule has 156 valence electrons. The van der Waals surface area contributed by atoms with Gasteiger partial charge in [-0.25, -0.2) is 14.8 Å². The summed E-state index contributed by atoms with van der Waals surface area (Å²) in [5.74, 6) is 0.632. The van der Waals surface area contributed by atoms with Crippen LogP contribution in [0.1, 0.15) is 38.2 Å². The van der Waals surface area contributed by atoms with E-state index in [0.717, 1.165) is 59.8 Å². The first-order valence-corrected chi connectivity index (χ1v) is 10.4. The van der Waals surface area contributed by atoms with E-state index >= 15 is 0 Å². The van der Waals surface area contributed by atoms with Crippen LogP contribution in [0.15, 0.2) is 42.6 Å². The van der Waals surface area contributed by atoms with Gasteiger partial charge in [0, 0.05) is 29.4 Å². The maximum Gasteiger partial charge on any atom is 0.404 e. The largest absolute Gasteiger partial charge is 0.465 e. The Labute approximate surface area is 175 Å². The van der Waals surface area contributed by atoms with Crippen LogP contribution in [0.4, 0.5) is 16.4 Å². The Hall–Kier alpha value is -3.35. The molecule has 0 aliphatic heterocycles. The van der Waals surface area contributed by atoms with Crippen molar-refractivity contribution >= 4 is 28.6 Å². The number of carboxylic acid groups (broad SMARTS) is 1. The molecule has 1 aromatic heterocycles. The minimum atomic E-state index is -0.949. The van der Waals surface area contributed by atoms with Crippen molar-refractivity contribution in [3.05, 3.63) is 48.2 Å². The number of carbonyl (C=O) groups is 1. The summed E-state index contributed by atoms with van der Waals surface area (Å²) >= 11 is 0. The smallest absolute Gasteiger partial charge is 0.404 e. The SMILES string of the molecule is CCc1cc(-c2ccc(N)cc2)cc2cnc(NC3CCC(NC(=O)O)CC3)nc12. The predicted octanol–water partition coefficient (Wildman–Crippen LogP) is 4.43. The maximum absolute atomic E-state index is 10.8. The molecule has 0 bridgehead atoms. The number of aromatic nitrogens is 2. The van der Waals surface area contributed by atoms with Gasteiger partial charge in [0.1, 0.15) is 0 Å². The van der Waals surface area contributed by atoms with E-state index in [-0.39, 0.29) is 12.1 Å². The molecule has 1 fully saturated rings. The van der Waals surface area contributed by atoms with Gasteiger partial charge in [-0.15, -0.1) is 0 Å². The number of rotatable bonds is 5. The first-order valence-electron chi connectivity index (χ1n) is 10.4. The molecule has 1 amide bonds. The van der Waals surface area contributed by atoms with Crippen molar-refractivity contribution in [3.63, 3.8) is 0 Å². The number of aryl methyl sites for hydroxylation is 1. The van der Waals surface area contributed by atoms with Crippen LogP contribution in [-0.2, 0) is 6.42 Å². The van der Waals surface area contributed by atoms with Gasteiger partial charge in [0.05, 0.1) is 5.52 Å². The summed E-state index contributed by atoms with van der Waals surface area (Å²) in [5.41, 5.74) is 11.0. The maximum atomic E-state index is 10.8. The van der Waals surface area contributed by atoms with Gasteiger partial charge < -0.3 is 21.5 Å². The number of nitrogen functional groups attached to an aromatic ring is 1. The van der Waals surface area contributed by atoms with Crippen molar-refractivity contribution < 1.29 is 9.90 Å². The van der Waals surface area contributed by atoms with Crippen LogP contribution in [0.2, 0.25) is 0 Å².